The number of rotatable bonds is 4. The van der Waals surface area contributed by atoms with Crippen molar-refractivity contribution in [2.75, 3.05) is 10.0 Å². The van der Waals surface area contributed by atoms with E-state index in [9.17, 15) is 13.2 Å². The van der Waals surface area contributed by atoms with E-state index in [1.165, 1.54) is 36.4 Å². The second kappa shape index (κ2) is 6.02. The van der Waals surface area contributed by atoms with Crippen LogP contribution < -0.4 is 15.8 Å². The molecule has 0 aliphatic rings. The van der Waals surface area contributed by atoms with Crippen LogP contribution in [0.5, 0.6) is 0 Å². The highest BCUT2D eigenvalue weighted by atomic mass is 35.5. The minimum absolute atomic E-state index is 0.0642. The summed E-state index contributed by atoms with van der Waals surface area (Å²) in [5.41, 5.74) is 5.80. The first kappa shape index (κ1) is 15.1. The molecule has 6 nitrogen and oxygen atoms in total. The van der Waals surface area contributed by atoms with E-state index in [0.29, 0.717) is 16.4 Å². The van der Waals surface area contributed by atoms with Crippen molar-refractivity contribution in [1.82, 2.24) is 0 Å². The SMILES string of the molecule is NC(=O)Nc1ccc(NS(=O)(=O)c2cccc(Cl)c2)cc1. The molecule has 0 saturated carbocycles. The number of nitrogens with one attached hydrogen (secondary N) is 2. The number of primary amides is 1. The van der Waals surface area contributed by atoms with Gasteiger partial charge < -0.3 is 11.1 Å². The summed E-state index contributed by atoms with van der Waals surface area (Å²) >= 11 is 5.78. The zero-order valence-corrected chi connectivity index (χ0v) is 12.3. The lowest BCUT2D eigenvalue weighted by molar-refractivity contribution is 0.259. The molecule has 0 radical (unpaired) electrons. The third-order valence-corrected chi connectivity index (χ3v) is 4.13. The third-order valence-electron chi connectivity index (χ3n) is 2.51. The van der Waals surface area contributed by atoms with Gasteiger partial charge in [0.15, 0.2) is 0 Å². The third kappa shape index (κ3) is 4.11. The predicted molar refractivity (Wildman–Crippen MR) is 81.9 cm³/mol. The standard InChI is InChI=1S/C13H12ClN3O3S/c14-9-2-1-3-12(8-9)21(19,20)17-11-6-4-10(5-7-11)16-13(15)18/h1-8,17H,(H3,15,16,18). The predicted octanol–water partition coefficient (Wildman–Crippen LogP) is 2.63. The Hall–Kier alpha value is -2.25. The van der Waals surface area contributed by atoms with E-state index in [0.717, 1.165) is 0 Å². The lowest BCUT2D eigenvalue weighted by Gasteiger charge is -2.09. The fraction of sp³-hybridized carbons (Fsp3) is 0. The van der Waals surface area contributed by atoms with Crippen molar-refractivity contribution >= 4 is 39.0 Å². The van der Waals surface area contributed by atoms with Crippen LogP contribution in [0.1, 0.15) is 0 Å². The van der Waals surface area contributed by atoms with Crippen LogP contribution in [0.4, 0.5) is 16.2 Å². The van der Waals surface area contributed by atoms with Gasteiger partial charge in [-0.2, -0.15) is 0 Å². The number of amides is 2. The van der Waals surface area contributed by atoms with Crippen molar-refractivity contribution in [3.63, 3.8) is 0 Å². The Kier molecular flexibility index (Phi) is 4.35. The number of carbonyl (C=O) groups is 1. The smallest absolute Gasteiger partial charge is 0.316 e. The summed E-state index contributed by atoms with van der Waals surface area (Å²) in [7, 11) is -3.72. The Morgan fingerprint density at radius 2 is 1.67 bits per heavy atom. The molecule has 0 spiro atoms. The number of benzene rings is 2. The Morgan fingerprint density at radius 3 is 2.24 bits per heavy atom. The minimum atomic E-state index is -3.72. The van der Waals surface area contributed by atoms with Crippen molar-refractivity contribution in [3.05, 3.63) is 53.6 Å². The second-order valence-electron chi connectivity index (χ2n) is 4.13. The first-order valence-corrected chi connectivity index (χ1v) is 7.68. The van der Waals surface area contributed by atoms with E-state index in [-0.39, 0.29) is 4.90 Å². The molecular formula is C13H12ClN3O3S. The number of sulfonamides is 1. The van der Waals surface area contributed by atoms with Gasteiger partial charge in [0.25, 0.3) is 10.0 Å². The maximum atomic E-state index is 12.2. The molecular weight excluding hydrogens is 314 g/mol. The van der Waals surface area contributed by atoms with Crippen LogP contribution in [-0.2, 0) is 10.0 Å². The number of hydrogen-bond acceptors (Lipinski definition) is 3. The molecule has 2 aromatic carbocycles. The number of urea groups is 1. The molecule has 0 fully saturated rings. The first-order valence-electron chi connectivity index (χ1n) is 5.82. The van der Waals surface area contributed by atoms with Crippen molar-refractivity contribution in [2.24, 2.45) is 5.73 Å². The number of anilines is 2. The molecule has 21 heavy (non-hydrogen) atoms. The quantitative estimate of drug-likeness (QED) is 0.805. The lowest BCUT2D eigenvalue weighted by Crippen LogP contribution is -2.19. The summed E-state index contributed by atoms with van der Waals surface area (Å²) in [4.78, 5) is 10.8. The number of halogens is 1. The first-order chi connectivity index (χ1) is 9.87. The van der Waals surface area contributed by atoms with E-state index >= 15 is 0 Å². The van der Waals surface area contributed by atoms with Crippen LogP contribution in [-0.4, -0.2) is 14.4 Å². The highest BCUT2D eigenvalue weighted by Gasteiger charge is 2.14. The molecule has 2 amide bonds. The fourth-order valence-corrected chi connectivity index (χ4v) is 2.97. The maximum absolute atomic E-state index is 12.2. The summed E-state index contributed by atoms with van der Waals surface area (Å²) < 4.78 is 26.7. The van der Waals surface area contributed by atoms with Gasteiger partial charge in [0.1, 0.15) is 0 Å². The summed E-state index contributed by atoms with van der Waals surface area (Å²) in [6.45, 7) is 0. The molecule has 0 atom stereocenters. The zero-order valence-electron chi connectivity index (χ0n) is 10.7. The summed E-state index contributed by atoms with van der Waals surface area (Å²) in [5, 5.41) is 2.71. The molecule has 2 aromatic rings. The van der Waals surface area contributed by atoms with Gasteiger partial charge in [-0.05, 0) is 42.5 Å². The van der Waals surface area contributed by atoms with Gasteiger partial charge in [-0.25, -0.2) is 13.2 Å². The Morgan fingerprint density at radius 1 is 1.05 bits per heavy atom. The van der Waals surface area contributed by atoms with Crippen LogP contribution in [0.15, 0.2) is 53.4 Å². The molecule has 8 heteroatoms. The molecule has 0 saturated heterocycles. The molecule has 2 rings (SSSR count). The van der Waals surface area contributed by atoms with Crippen LogP contribution in [0.25, 0.3) is 0 Å². The van der Waals surface area contributed by atoms with Crippen LogP contribution in [0.3, 0.4) is 0 Å². The monoisotopic (exact) mass is 325 g/mol. The molecule has 110 valence electrons. The van der Waals surface area contributed by atoms with Crippen LogP contribution in [0, 0.1) is 0 Å². The normalized spacial score (nSPS) is 10.9. The van der Waals surface area contributed by atoms with Crippen molar-refractivity contribution in [3.8, 4) is 0 Å². The Labute approximate surface area is 127 Å². The van der Waals surface area contributed by atoms with E-state index in [1.54, 1.807) is 12.1 Å². The Bertz CT molecular complexity index is 760. The Balaban J connectivity index is 2.19. The molecule has 4 N–H and O–H groups in total. The van der Waals surface area contributed by atoms with Gasteiger partial charge >= 0.3 is 6.03 Å². The summed E-state index contributed by atoms with van der Waals surface area (Å²) in [5.74, 6) is 0. The molecule has 0 heterocycles. The maximum Gasteiger partial charge on any atom is 0.316 e. The minimum Gasteiger partial charge on any atom is -0.351 e. The van der Waals surface area contributed by atoms with Crippen molar-refractivity contribution < 1.29 is 13.2 Å². The lowest BCUT2D eigenvalue weighted by atomic mass is 10.3. The average Bonchev–Trinajstić information content (AvgIpc) is 2.40. The van der Waals surface area contributed by atoms with Gasteiger partial charge in [0, 0.05) is 16.4 Å². The van der Waals surface area contributed by atoms with Crippen molar-refractivity contribution in [1.29, 1.82) is 0 Å². The molecule has 0 bridgehead atoms. The van der Waals surface area contributed by atoms with Crippen molar-refractivity contribution in [2.45, 2.75) is 4.90 Å². The van der Waals surface area contributed by atoms with E-state index in [2.05, 4.69) is 10.0 Å². The molecule has 0 unspecified atom stereocenters. The fourth-order valence-electron chi connectivity index (χ4n) is 1.61. The highest BCUT2D eigenvalue weighted by Crippen LogP contribution is 2.20. The topological polar surface area (TPSA) is 101 Å². The van der Waals surface area contributed by atoms with Gasteiger partial charge in [0.05, 0.1) is 4.90 Å². The molecule has 0 aromatic heterocycles. The van der Waals surface area contributed by atoms with Gasteiger partial charge in [-0.3, -0.25) is 4.72 Å². The van der Waals surface area contributed by atoms with Crippen LogP contribution in [0.2, 0.25) is 5.02 Å². The van der Waals surface area contributed by atoms with Gasteiger partial charge in [0.2, 0.25) is 0 Å². The largest absolute Gasteiger partial charge is 0.351 e. The van der Waals surface area contributed by atoms with Crippen LogP contribution >= 0.6 is 11.6 Å². The van der Waals surface area contributed by atoms with E-state index in [1.807, 2.05) is 0 Å². The number of nitrogens with two attached hydrogens (primary N) is 1. The number of hydrogen-bond donors (Lipinski definition) is 3. The highest BCUT2D eigenvalue weighted by molar-refractivity contribution is 7.92. The summed E-state index contributed by atoms with van der Waals surface area (Å²) in [6, 6.07) is 11.3. The average molecular weight is 326 g/mol. The number of carbonyl (C=O) groups excluding carboxylic acids is 1. The zero-order chi connectivity index (χ0) is 15.5. The summed E-state index contributed by atoms with van der Waals surface area (Å²) in [6.07, 6.45) is 0. The van der Waals surface area contributed by atoms with E-state index < -0.39 is 16.1 Å². The second-order valence-corrected chi connectivity index (χ2v) is 6.25. The molecule has 0 aliphatic heterocycles. The van der Waals surface area contributed by atoms with Gasteiger partial charge in [-0.1, -0.05) is 17.7 Å². The molecule has 0 aliphatic carbocycles. The van der Waals surface area contributed by atoms with Gasteiger partial charge in [-0.15, -0.1) is 0 Å². The van der Waals surface area contributed by atoms with E-state index in [4.69, 9.17) is 17.3 Å².